The molecule has 2 amide bonds. The smallest absolute Gasteiger partial charge is 0.317 e. The molecule has 23 heavy (non-hydrogen) atoms. The van der Waals surface area contributed by atoms with Crippen LogP contribution in [-0.2, 0) is 9.47 Å². The first kappa shape index (κ1) is 18.8. The number of amides is 2. The number of aliphatic hydroxyl groups is 1. The zero-order valence-corrected chi connectivity index (χ0v) is 14.9. The van der Waals surface area contributed by atoms with E-state index in [0.717, 1.165) is 44.2 Å². The van der Waals surface area contributed by atoms with Crippen LogP contribution in [-0.4, -0.2) is 104 Å². The highest BCUT2D eigenvalue weighted by molar-refractivity contribution is 7.99. The third kappa shape index (κ3) is 5.22. The number of nitrogens with one attached hydrogen (secondary N) is 1. The summed E-state index contributed by atoms with van der Waals surface area (Å²) in [6.45, 7) is 4.53. The second-order valence-corrected chi connectivity index (χ2v) is 7.38. The van der Waals surface area contributed by atoms with Gasteiger partial charge in [0.2, 0.25) is 0 Å². The van der Waals surface area contributed by atoms with Gasteiger partial charge in [-0.05, 0) is 12.2 Å². The molecule has 0 aromatic carbocycles. The standard InChI is InChI=1S/C15H29N3O4S/c1-17(9-13(19)10-21-2)14(20)16-11-15(3-8-23-12-15)18-4-6-22-7-5-18/h13,19H,3-12H2,1-2H3,(H,16,20). The molecule has 2 N–H and O–H groups in total. The maximum atomic E-state index is 12.3. The number of morpholine rings is 1. The van der Waals surface area contributed by atoms with E-state index in [1.807, 2.05) is 11.8 Å². The van der Waals surface area contributed by atoms with E-state index >= 15 is 0 Å². The molecule has 0 saturated carbocycles. The number of thioether (sulfide) groups is 1. The predicted molar refractivity (Wildman–Crippen MR) is 91.0 cm³/mol. The Labute approximate surface area is 142 Å². The molecule has 2 aliphatic rings. The summed E-state index contributed by atoms with van der Waals surface area (Å²) in [6, 6.07) is -0.148. The fourth-order valence-corrected chi connectivity index (χ4v) is 4.63. The fraction of sp³-hybridized carbons (Fsp3) is 0.933. The Hall–Kier alpha value is -0.540. The molecule has 2 rings (SSSR count). The van der Waals surface area contributed by atoms with Gasteiger partial charge in [0, 0.05) is 45.1 Å². The van der Waals surface area contributed by atoms with Crippen molar-refractivity contribution >= 4 is 17.8 Å². The van der Waals surface area contributed by atoms with Crippen LogP contribution in [0.5, 0.6) is 0 Å². The van der Waals surface area contributed by atoms with Gasteiger partial charge < -0.3 is 24.8 Å². The molecule has 2 aliphatic heterocycles. The summed E-state index contributed by atoms with van der Waals surface area (Å²) < 4.78 is 10.3. The topological polar surface area (TPSA) is 74.3 Å². The minimum Gasteiger partial charge on any atom is -0.389 e. The monoisotopic (exact) mass is 347 g/mol. The van der Waals surface area contributed by atoms with Crippen LogP contribution in [0.2, 0.25) is 0 Å². The lowest BCUT2D eigenvalue weighted by Gasteiger charge is -2.43. The van der Waals surface area contributed by atoms with E-state index in [2.05, 4.69) is 10.2 Å². The van der Waals surface area contributed by atoms with E-state index in [0.29, 0.717) is 6.54 Å². The molecule has 0 aromatic rings. The van der Waals surface area contributed by atoms with Gasteiger partial charge in [0.25, 0.3) is 0 Å². The van der Waals surface area contributed by atoms with Crippen LogP contribution in [0.15, 0.2) is 0 Å². The molecular weight excluding hydrogens is 318 g/mol. The van der Waals surface area contributed by atoms with Crippen LogP contribution in [0.3, 0.4) is 0 Å². The van der Waals surface area contributed by atoms with Crippen molar-refractivity contribution in [1.29, 1.82) is 0 Å². The predicted octanol–water partition coefficient (Wildman–Crippen LogP) is -0.157. The summed E-state index contributed by atoms with van der Waals surface area (Å²) in [5, 5.41) is 12.8. The zero-order chi connectivity index (χ0) is 16.7. The summed E-state index contributed by atoms with van der Waals surface area (Å²) in [4.78, 5) is 16.3. The van der Waals surface area contributed by atoms with Gasteiger partial charge in [-0.1, -0.05) is 0 Å². The Morgan fingerprint density at radius 3 is 2.87 bits per heavy atom. The molecule has 7 nitrogen and oxygen atoms in total. The number of carbonyl (C=O) groups excluding carboxylic acids is 1. The second-order valence-electron chi connectivity index (χ2n) is 6.27. The molecule has 0 aromatic heterocycles. The number of carbonyl (C=O) groups is 1. The molecule has 0 bridgehead atoms. The first-order valence-electron chi connectivity index (χ1n) is 8.14. The van der Waals surface area contributed by atoms with Crippen LogP contribution in [0, 0.1) is 0 Å². The minimum atomic E-state index is -0.661. The largest absolute Gasteiger partial charge is 0.389 e. The van der Waals surface area contributed by atoms with Crippen LogP contribution in [0.4, 0.5) is 4.79 Å². The lowest BCUT2D eigenvalue weighted by molar-refractivity contribution is -0.0128. The van der Waals surface area contributed by atoms with Gasteiger partial charge in [0.05, 0.1) is 32.5 Å². The Bertz CT molecular complexity index is 374. The quantitative estimate of drug-likeness (QED) is 0.667. The van der Waals surface area contributed by atoms with Crippen LogP contribution in [0.25, 0.3) is 0 Å². The van der Waals surface area contributed by atoms with Gasteiger partial charge >= 0.3 is 6.03 Å². The molecule has 2 unspecified atom stereocenters. The van der Waals surface area contributed by atoms with Crippen molar-refractivity contribution in [3.8, 4) is 0 Å². The molecule has 0 aliphatic carbocycles. The van der Waals surface area contributed by atoms with Crippen LogP contribution < -0.4 is 5.32 Å². The Balaban J connectivity index is 1.84. The van der Waals surface area contributed by atoms with Crippen molar-refractivity contribution in [2.75, 3.05) is 71.7 Å². The van der Waals surface area contributed by atoms with Crippen molar-refractivity contribution in [1.82, 2.24) is 15.1 Å². The number of hydrogen-bond acceptors (Lipinski definition) is 6. The van der Waals surface area contributed by atoms with Gasteiger partial charge in [-0.15, -0.1) is 0 Å². The van der Waals surface area contributed by atoms with Crippen molar-refractivity contribution in [3.05, 3.63) is 0 Å². The summed E-state index contributed by atoms with van der Waals surface area (Å²) >= 11 is 1.95. The summed E-state index contributed by atoms with van der Waals surface area (Å²) in [6.07, 6.45) is 0.430. The van der Waals surface area contributed by atoms with Crippen molar-refractivity contribution in [2.24, 2.45) is 0 Å². The molecular formula is C15H29N3O4S. The van der Waals surface area contributed by atoms with Gasteiger partial charge in [-0.3, -0.25) is 4.90 Å². The number of urea groups is 1. The normalized spacial score (nSPS) is 26.9. The lowest BCUT2D eigenvalue weighted by atomic mass is 9.95. The van der Waals surface area contributed by atoms with E-state index in [-0.39, 0.29) is 24.7 Å². The summed E-state index contributed by atoms with van der Waals surface area (Å²) in [5.41, 5.74) is 0.0378. The zero-order valence-electron chi connectivity index (χ0n) is 14.1. The first-order chi connectivity index (χ1) is 11.1. The Kier molecular flexibility index (Phi) is 7.42. The van der Waals surface area contributed by atoms with Crippen molar-refractivity contribution in [3.63, 3.8) is 0 Å². The van der Waals surface area contributed by atoms with Gasteiger partial charge in [-0.25, -0.2) is 4.79 Å². The average Bonchev–Trinajstić information content (AvgIpc) is 3.03. The molecule has 2 heterocycles. The SMILES string of the molecule is COCC(O)CN(C)C(=O)NCC1(N2CCOCC2)CCSC1. The molecule has 2 saturated heterocycles. The number of aliphatic hydroxyl groups excluding tert-OH is 1. The summed E-state index contributed by atoms with van der Waals surface area (Å²) in [5.74, 6) is 2.18. The van der Waals surface area contributed by atoms with E-state index in [9.17, 15) is 9.90 Å². The number of ether oxygens (including phenoxy) is 2. The molecule has 2 atom stereocenters. The highest BCUT2D eigenvalue weighted by Gasteiger charge is 2.41. The van der Waals surface area contributed by atoms with E-state index in [4.69, 9.17) is 9.47 Å². The number of likely N-dealkylation sites (N-methyl/N-ethyl adjacent to an activating group) is 1. The maximum absolute atomic E-state index is 12.3. The van der Waals surface area contributed by atoms with E-state index in [1.165, 1.54) is 12.0 Å². The van der Waals surface area contributed by atoms with Crippen LogP contribution in [0.1, 0.15) is 6.42 Å². The van der Waals surface area contributed by atoms with Crippen LogP contribution >= 0.6 is 11.8 Å². The fourth-order valence-electron chi connectivity index (χ4n) is 3.15. The molecule has 0 radical (unpaired) electrons. The Morgan fingerprint density at radius 2 is 2.26 bits per heavy atom. The maximum Gasteiger partial charge on any atom is 0.317 e. The number of methoxy groups -OCH3 is 1. The first-order valence-corrected chi connectivity index (χ1v) is 9.29. The van der Waals surface area contributed by atoms with Gasteiger partial charge in [0.15, 0.2) is 0 Å². The molecule has 134 valence electrons. The molecule has 2 fully saturated rings. The average molecular weight is 347 g/mol. The van der Waals surface area contributed by atoms with Crippen molar-refractivity contribution < 1.29 is 19.4 Å². The number of hydrogen-bond donors (Lipinski definition) is 2. The number of nitrogens with zero attached hydrogens (tertiary/aromatic N) is 2. The highest BCUT2D eigenvalue weighted by Crippen LogP contribution is 2.33. The van der Waals surface area contributed by atoms with Crippen molar-refractivity contribution in [2.45, 2.75) is 18.1 Å². The number of rotatable bonds is 7. The third-order valence-electron chi connectivity index (χ3n) is 4.52. The molecule has 0 spiro atoms. The van der Waals surface area contributed by atoms with E-state index in [1.54, 1.807) is 7.05 Å². The minimum absolute atomic E-state index is 0.0378. The van der Waals surface area contributed by atoms with Gasteiger partial charge in [-0.2, -0.15) is 11.8 Å². The summed E-state index contributed by atoms with van der Waals surface area (Å²) in [7, 11) is 3.23. The third-order valence-corrected chi connectivity index (χ3v) is 5.76. The second kappa shape index (κ2) is 9.08. The highest BCUT2D eigenvalue weighted by atomic mass is 32.2. The van der Waals surface area contributed by atoms with E-state index < -0.39 is 6.10 Å². The lowest BCUT2D eigenvalue weighted by Crippen LogP contribution is -2.60. The molecule has 8 heteroatoms. The Morgan fingerprint density at radius 1 is 1.52 bits per heavy atom. The van der Waals surface area contributed by atoms with Gasteiger partial charge in [0.1, 0.15) is 0 Å².